The summed E-state index contributed by atoms with van der Waals surface area (Å²) in [6.45, 7) is 1.64. The molecule has 136 valence electrons. The fourth-order valence-corrected chi connectivity index (χ4v) is 3.88. The third kappa shape index (κ3) is 3.60. The number of hydrogen-bond donors (Lipinski definition) is 1. The van der Waals surface area contributed by atoms with E-state index in [0.29, 0.717) is 22.9 Å². The van der Waals surface area contributed by atoms with Crippen LogP contribution in [0.5, 0.6) is 5.75 Å². The van der Waals surface area contributed by atoms with E-state index in [9.17, 15) is 14.4 Å². The Kier molecular flexibility index (Phi) is 5.03. The van der Waals surface area contributed by atoms with Crippen LogP contribution >= 0.6 is 11.3 Å². The monoisotopic (exact) mass is 373 g/mol. The molecule has 1 atom stereocenters. The van der Waals surface area contributed by atoms with Gasteiger partial charge in [-0.05, 0) is 43.0 Å². The normalized spacial score (nSPS) is 15.4. The minimum Gasteiger partial charge on any atom is -0.422 e. The SMILES string of the molecule is CC(=O)CN(C)c1ncsc1C(=O)Oc1ccc2c(c1)CCC2C(N)=O. The van der Waals surface area contributed by atoms with E-state index in [4.69, 9.17) is 10.5 Å². The number of hydrogen-bond acceptors (Lipinski definition) is 7. The summed E-state index contributed by atoms with van der Waals surface area (Å²) in [5.74, 6) is -0.332. The lowest BCUT2D eigenvalue weighted by molar-refractivity contribution is -0.119. The molecule has 1 aliphatic carbocycles. The van der Waals surface area contributed by atoms with Gasteiger partial charge in [0.1, 0.15) is 11.5 Å². The second-order valence-corrected chi connectivity index (χ2v) is 7.16. The maximum absolute atomic E-state index is 12.5. The maximum Gasteiger partial charge on any atom is 0.357 e. The first kappa shape index (κ1) is 18.1. The van der Waals surface area contributed by atoms with E-state index < -0.39 is 5.97 Å². The van der Waals surface area contributed by atoms with E-state index in [0.717, 1.165) is 28.9 Å². The lowest BCUT2D eigenvalue weighted by Crippen LogP contribution is -2.26. The molecule has 0 fully saturated rings. The summed E-state index contributed by atoms with van der Waals surface area (Å²) < 4.78 is 5.48. The van der Waals surface area contributed by atoms with Crippen molar-refractivity contribution in [3.8, 4) is 5.75 Å². The first-order chi connectivity index (χ1) is 12.4. The van der Waals surface area contributed by atoms with Crippen molar-refractivity contribution >= 4 is 34.8 Å². The van der Waals surface area contributed by atoms with Crippen LogP contribution in [0, 0.1) is 0 Å². The number of benzene rings is 1. The zero-order valence-corrected chi connectivity index (χ0v) is 15.3. The molecule has 8 heteroatoms. The van der Waals surface area contributed by atoms with Crippen molar-refractivity contribution < 1.29 is 19.1 Å². The van der Waals surface area contributed by atoms with Gasteiger partial charge in [0.05, 0.1) is 18.0 Å². The molecular weight excluding hydrogens is 354 g/mol. The predicted octanol–water partition coefficient (Wildman–Crippen LogP) is 1.90. The van der Waals surface area contributed by atoms with Gasteiger partial charge in [-0.3, -0.25) is 9.59 Å². The van der Waals surface area contributed by atoms with E-state index in [2.05, 4.69) is 4.98 Å². The zero-order chi connectivity index (χ0) is 18.8. The van der Waals surface area contributed by atoms with Crippen LogP contribution in [0.3, 0.4) is 0 Å². The highest BCUT2D eigenvalue weighted by molar-refractivity contribution is 7.12. The van der Waals surface area contributed by atoms with Gasteiger partial charge in [0.2, 0.25) is 5.91 Å². The quantitative estimate of drug-likeness (QED) is 0.613. The van der Waals surface area contributed by atoms with Crippen molar-refractivity contribution in [2.24, 2.45) is 5.73 Å². The van der Waals surface area contributed by atoms with E-state index in [1.807, 2.05) is 0 Å². The number of primary amides is 1. The molecule has 1 aliphatic rings. The highest BCUT2D eigenvalue weighted by Gasteiger charge is 2.28. The third-order valence-electron chi connectivity index (χ3n) is 4.30. The van der Waals surface area contributed by atoms with Crippen molar-refractivity contribution in [1.82, 2.24) is 4.98 Å². The molecule has 0 bridgehead atoms. The number of ketones is 1. The summed E-state index contributed by atoms with van der Waals surface area (Å²) >= 11 is 1.16. The van der Waals surface area contributed by atoms with Gasteiger partial charge < -0.3 is 15.4 Å². The van der Waals surface area contributed by atoms with Crippen LogP contribution in [0.2, 0.25) is 0 Å². The minimum absolute atomic E-state index is 0.0255. The van der Waals surface area contributed by atoms with Gasteiger partial charge in [-0.15, -0.1) is 11.3 Å². The Bertz CT molecular complexity index is 877. The lowest BCUT2D eigenvalue weighted by atomic mass is 10.0. The Morgan fingerprint density at radius 3 is 2.85 bits per heavy atom. The second-order valence-electron chi connectivity index (χ2n) is 6.31. The molecular formula is C18H19N3O4S. The summed E-state index contributed by atoms with van der Waals surface area (Å²) in [6, 6.07) is 5.23. The molecule has 2 aromatic rings. The molecule has 0 spiro atoms. The van der Waals surface area contributed by atoms with Crippen LogP contribution in [0.1, 0.15) is 40.1 Å². The number of rotatable bonds is 6. The first-order valence-electron chi connectivity index (χ1n) is 8.15. The number of ether oxygens (including phenoxy) is 1. The molecule has 1 heterocycles. The number of esters is 1. The van der Waals surface area contributed by atoms with Gasteiger partial charge in [0.25, 0.3) is 0 Å². The summed E-state index contributed by atoms with van der Waals surface area (Å²) in [5, 5.41) is 0. The summed E-state index contributed by atoms with van der Waals surface area (Å²) in [7, 11) is 1.70. The summed E-state index contributed by atoms with van der Waals surface area (Å²) in [4.78, 5) is 41.4. The van der Waals surface area contributed by atoms with Gasteiger partial charge in [-0.25, -0.2) is 9.78 Å². The standard InChI is InChI=1S/C18H19N3O4S/c1-10(22)8-21(2)17-15(26-9-20-17)18(24)25-12-4-6-13-11(7-12)3-5-14(13)16(19)23/h4,6-7,9,14H,3,5,8H2,1-2H3,(H2,19,23). The van der Waals surface area contributed by atoms with Gasteiger partial charge in [0.15, 0.2) is 10.7 Å². The Hall–Kier alpha value is -2.74. The molecule has 0 aliphatic heterocycles. The van der Waals surface area contributed by atoms with Gasteiger partial charge in [-0.1, -0.05) is 6.07 Å². The fraction of sp³-hybridized carbons (Fsp3) is 0.333. The Morgan fingerprint density at radius 1 is 1.38 bits per heavy atom. The average Bonchev–Trinajstić information content (AvgIpc) is 3.20. The van der Waals surface area contributed by atoms with Gasteiger partial charge in [-0.2, -0.15) is 0 Å². The zero-order valence-electron chi connectivity index (χ0n) is 14.5. The van der Waals surface area contributed by atoms with Crippen LogP contribution in [-0.2, 0) is 16.0 Å². The van der Waals surface area contributed by atoms with Crippen molar-refractivity contribution in [3.63, 3.8) is 0 Å². The topological polar surface area (TPSA) is 103 Å². The first-order valence-corrected chi connectivity index (χ1v) is 9.03. The van der Waals surface area contributed by atoms with Crippen molar-refractivity contribution in [2.45, 2.75) is 25.7 Å². The maximum atomic E-state index is 12.5. The van der Waals surface area contributed by atoms with Gasteiger partial charge in [0, 0.05) is 7.05 Å². The van der Waals surface area contributed by atoms with Gasteiger partial charge >= 0.3 is 5.97 Å². The number of nitrogens with zero attached hydrogens (tertiary/aromatic N) is 2. The Morgan fingerprint density at radius 2 is 2.15 bits per heavy atom. The van der Waals surface area contributed by atoms with Crippen molar-refractivity contribution in [2.75, 3.05) is 18.5 Å². The number of amides is 1. The third-order valence-corrected chi connectivity index (χ3v) is 5.10. The number of anilines is 1. The van der Waals surface area contributed by atoms with E-state index in [1.165, 1.54) is 6.92 Å². The Balaban J connectivity index is 1.77. The molecule has 0 saturated carbocycles. The van der Waals surface area contributed by atoms with E-state index >= 15 is 0 Å². The predicted molar refractivity (Wildman–Crippen MR) is 97.7 cm³/mol. The molecule has 0 radical (unpaired) electrons. The number of likely N-dealkylation sites (N-methyl/N-ethyl adjacent to an activating group) is 1. The number of aryl methyl sites for hydroxylation is 1. The van der Waals surface area contributed by atoms with Crippen LogP contribution in [-0.4, -0.2) is 36.2 Å². The highest BCUT2D eigenvalue weighted by Crippen LogP contribution is 2.35. The molecule has 3 rings (SSSR count). The van der Waals surface area contributed by atoms with E-state index in [1.54, 1.807) is 35.7 Å². The number of aromatic nitrogens is 1. The Labute approximate surface area is 154 Å². The number of carbonyl (C=O) groups excluding carboxylic acids is 3. The summed E-state index contributed by atoms with van der Waals surface area (Å²) in [6.07, 6.45) is 1.40. The fourth-order valence-electron chi connectivity index (χ4n) is 3.17. The van der Waals surface area contributed by atoms with E-state index in [-0.39, 0.29) is 24.2 Å². The number of carbonyl (C=O) groups is 3. The highest BCUT2D eigenvalue weighted by atomic mass is 32.1. The largest absolute Gasteiger partial charge is 0.422 e. The van der Waals surface area contributed by atoms with Crippen molar-refractivity contribution in [3.05, 3.63) is 39.7 Å². The van der Waals surface area contributed by atoms with Crippen LogP contribution in [0.4, 0.5) is 5.82 Å². The number of fused-ring (bicyclic) bond motifs is 1. The molecule has 1 amide bonds. The molecule has 1 unspecified atom stereocenters. The smallest absolute Gasteiger partial charge is 0.357 e. The van der Waals surface area contributed by atoms with Crippen LogP contribution in [0.15, 0.2) is 23.7 Å². The second kappa shape index (κ2) is 7.25. The molecule has 7 nitrogen and oxygen atoms in total. The average molecular weight is 373 g/mol. The molecule has 1 aromatic carbocycles. The molecule has 26 heavy (non-hydrogen) atoms. The minimum atomic E-state index is -0.526. The molecule has 0 saturated heterocycles. The number of thiazole rings is 1. The number of Topliss-reactive ketones (excluding diaryl/α,β-unsaturated/α-hetero) is 1. The lowest BCUT2D eigenvalue weighted by Gasteiger charge is -2.16. The van der Waals surface area contributed by atoms with Crippen LogP contribution < -0.4 is 15.4 Å². The molecule has 1 aromatic heterocycles. The summed E-state index contributed by atoms with van der Waals surface area (Å²) in [5.41, 5.74) is 8.83. The van der Waals surface area contributed by atoms with Crippen LogP contribution in [0.25, 0.3) is 0 Å². The number of nitrogens with two attached hydrogens (primary N) is 1. The molecule has 2 N–H and O–H groups in total. The van der Waals surface area contributed by atoms with Crippen molar-refractivity contribution in [1.29, 1.82) is 0 Å².